The number of esters is 1. The molecule has 9 heteroatoms. The zero-order valence-corrected chi connectivity index (χ0v) is 24.0. The van der Waals surface area contributed by atoms with E-state index in [1.165, 1.54) is 6.92 Å². The maximum absolute atomic E-state index is 13.4. The fourth-order valence-electron chi connectivity index (χ4n) is 6.05. The normalized spacial score (nSPS) is 49.3. The smallest absolute Gasteiger partial charge is 0.311 e. The highest BCUT2D eigenvalue weighted by Crippen LogP contribution is 2.36. The molecular formula is C28H50O9. The van der Waals surface area contributed by atoms with Gasteiger partial charge in [0.25, 0.3) is 0 Å². The van der Waals surface area contributed by atoms with Crippen LogP contribution < -0.4 is 0 Å². The van der Waals surface area contributed by atoms with E-state index in [0.29, 0.717) is 12.8 Å². The van der Waals surface area contributed by atoms with Crippen LogP contribution in [0.5, 0.6) is 0 Å². The number of ether oxygens (including phenoxy) is 3. The van der Waals surface area contributed by atoms with Crippen LogP contribution in [0.25, 0.3) is 0 Å². The molecule has 2 fully saturated rings. The van der Waals surface area contributed by atoms with Crippen LogP contribution in [-0.2, 0) is 23.8 Å². The summed E-state index contributed by atoms with van der Waals surface area (Å²) in [7, 11) is 0. The first kappa shape index (κ1) is 32.1. The van der Waals surface area contributed by atoms with Crippen molar-refractivity contribution in [2.24, 2.45) is 35.5 Å². The standard InChI is InChI=1S/C28H50O9/c1-10-20-15(4)24(31)16(5)22(29)13(2)11-14(3)23(30)17(6)25(18(7)27(33)36-20)37-21-12-28(9,34)26(32)19(8)35-21/h13-21,23-26,30-32,34H,10-12H2,1-9H3/t13-,14+,15+,16+,17-,18-,19+,20-,21-,23+,24+,25+,26+,28-/m1/s1. The Balaban J connectivity index is 2.42. The number of carbonyl (C=O) groups excluding carboxylic acids is 2. The molecule has 0 unspecified atom stereocenters. The fraction of sp³-hybridized carbons (Fsp3) is 0.929. The third-order valence-electron chi connectivity index (χ3n) is 8.81. The van der Waals surface area contributed by atoms with Gasteiger partial charge in [0.2, 0.25) is 0 Å². The molecule has 37 heavy (non-hydrogen) atoms. The zero-order chi connectivity index (χ0) is 28.4. The number of aliphatic hydroxyl groups excluding tert-OH is 3. The van der Waals surface area contributed by atoms with Crippen molar-refractivity contribution < 1.29 is 44.2 Å². The molecule has 4 N–H and O–H groups in total. The molecule has 2 rings (SSSR count). The molecule has 0 amide bonds. The highest BCUT2D eigenvalue weighted by molar-refractivity contribution is 5.83. The molecular weight excluding hydrogens is 480 g/mol. The Bertz CT molecular complexity index is 771. The Labute approximate surface area is 221 Å². The zero-order valence-electron chi connectivity index (χ0n) is 24.0. The molecule has 0 bridgehead atoms. The second kappa shape index (κ2) is 12.8. The van der Waals surface area contributed by atoms with Gasteiger partial charge in [-0.15, -0.1) is 0 Å². The van der Waals surface area contributed by atoms with E-state index in [1.54, 1.807) is 34.6 Å². The van der Waals surface area contributed by atoms with Gasteiger partial charge in [-0.05, 0) is 39.5 Å². The van der Waals surface area contributed by atoms with E-state index in [9.17, 15) is 30.0 Å². The van der Waals surface area contributed by atoms with Gasteiger partial charge in [-0.2, -0.15) is 0 Å². The first-order chi connectivity index (χ1) is 17.0. The summed E-state index contributed by atoms with van der Waals surface area (Å²) in [6.45, 7) is 15.6. The minimum Gasteiger partial charge on any atom is -0.462 e. The van der Waals surface area contributed by atoms with Gasteiger partial charge < -0.3 is 34.6 Å². The van der Waals surface area contributed by atoms with Crippen molar-refractivity contribution in [3.63, 3.8) is 0 Å². The molecule has 2 saturated heterocycles. The van der Waals surface area contributed by atoms with E-state index in [4.69, 9.17) is 14.2 Å². The minimum atomic E-state index is -1.45. The molecule has 216 valence electrons. The highest BCUT2D eigenvalue weighted by atomic mass is 16.7. The lowest BCUT2D eigenvalue weighted by atomic mass is 9.77. The molecule has 0 radical (unpaired) electrons. The van der Waals surface area contributed by atoms with E-state index in [-0.39, 0.29) is 24.0 Å². The lowest BCUT2D eigenvalue weighted by Crippen LogP contribution is -2.56. The van der Waals surface area contributed by atoms with E-state index in [2.05, 4.69) is 0 Å². The largest absolute Gasteiger partial charge is 0.462 e. The van der Waals surface area contributed by atoms with Crippen LogP contribution in [0, 0.1) is 35.5 Å². The van der Waals surface area contributed by atoms with Gasteiger partial charge in [0, 0.05) is 30.1 Å². The Morgan fingerprint density at radius 3 is 2.08 bits per heavy atom. The fourth-order valence-corrected chi connectivity index (χ4v) is 6.05. The van der Waals surface area contributed by atoms with Crippen molar-refractivity contribution in [3.8, 4) is 0 Å². The number of carbonyl (C=O) groups is 2. The number of ketones is 1. The summed E-state index contributed by atoms with van der Waals surface area (Å²) < 4.78 is 17.9. The van der Waals surface area contributed by atoms with Crippen LogP contribution in [0.2, 0.25) is 0 Å². The van der Waals surface area contributed by atoms with Crippen LogP contribution in [0.4, 0.5) is 0 Å². The van der Waals surface area contributed by atoms with Crippen LogP contribution in [0.3, 0.4) is 0 Å². The molecule has 0 aliphatic carbocycles. The van der Waals surface area contributed by atoms with Gasteiger partial charge in [0.05, 0.1) is 35.9 Å². The minimum absolute atomic E-state index is 0.0145. The lowest BCUT2D eigenvalue weighted by Gasteiger charge is -2.44. The molecule has 0 aromatic heterocycles. The highest BCUT2D eigenvalue weighted by Gasteiger charge is 2.47. The number of hydrogen-bond donors (Lipinski definition) is 4. The molecule has 14 atom stereocenters. The van der Waals surface area contributed by atoms with Crippen molar-refractivity contribution in [1.82, 2.24) is 0 Å². The summed E-state index contributed by atoms with van der Waals surface area (Å²) in [5, 5.41) is 43.2. The second-order valence-electron chi connectivity index (χ2n) is 12.1. The monoisotopic (exact) mass is 530 g/mol. The van der Waals surface area contributed by atoms with Gasteiger partial charge in [-0.1, -0.05) is 41.5 Å². The summed E-state index contributed by atoms with van der Waals surface area (Å²) in [6.07, 6.45) is -5.20. The second-order valence-corrected chi connectivity index (χ2v) is 12.1. The van der Waals surface area contributed by atoms with Gasteiger partial charge in [-0.25, -0.2) is 0 Å². The maximum Gasteiger partial charge on any atom is 0.311 e. The third kappa shape index (κ3) is 7.31. The quantitative estimate of drug-likeness (QED) is 0.405. The molecule has 0 aromatic carbocycles. The topological polar surface area (TPSA) is 143 Å². The molecule has 0 spiro atoms. The third-order valence-corrected chi connectivity index (χ3v) is 8.81. The Hall–Kier alpha value is -1.10. The van der Waals surface area contributed by atoms with E-state index in [0.717, 1.165) is 0 Å². The Morgan fingerprint density at radius 2 is 1.54 bits per heavy atom. The number of Topliss-reactive ketones (excluding diaryl/α,β-unsaturated/α-hetero) is 1. The molecule has 2 heterocycles. The van der Waals surface area contributed by atoms with Gasteiger partial charge in [0.1, 0.15) is 18.0 Å². The SMILES string of the molecule is CC[C@H]1OC(=O)[C@H](C)[C@@H](O[C@@H]2C[C@@](C)(O)[C@@H](O)[C@H](C)O2)[C@H](C)[C@@H](O)[C@@H](C)C[C@@H](C)C(=O)[C@H](C)[C@@H](O)[C@H]1C. The average Bonchev–Trinajstić information content (AvgIpc) is 2.84. The van der Waals surface area contributed by atoms with Gasteiger partial charge >= 0.3 is 5.97 Å². The maximum atomic E-state index is 13.4. The number of rotatable bonds is 3. The average molecular weight is 531 g/mol. The van der Waals surface area contributed by atoms with E-state index in [1.807, 2.05) is 20.8 Å². The molecule has 0 aromatic rings. The number of aliphatic hydroxyl groups is 4. The molecule has 0 saturated carbocycles. The van der Waals surface area contributed by atoms with Crippen molar-refractivity contribution in [2.75, 3.05) is 0 Å². The van der Waals surface area contributed by atoms with E-state index < -0.39 is 78.2 Å². The van der Waals surface area contributed by atoms with Crippen LogP contribution in [-0.4, -0.2) is 80.7 Å². The summed E-state index contributed by atoms with van der Waals surface area (Å²) in [5.41, 5.74) is -1.45. The summed E-state index contributed by atoms with van der Waals surface area (Å²) >= 11 is 0. The Morgan fingerprint density at radius 1 is 0.946 bits per heavy atom. The van der Waals surface area contributed by atoms with Crippen molar-refractivity contribution in [2.45, 2.75) is 130 Å². The Kier molecular flexibility index (Phi) is 11.1. The number of cyclic esters (lactones) is 1. The number of hydrogen-bond acceptors (Lipinski definition) is 9. The lowest BCUT2D eigenvalue weighted by molar-refractivity contribution is -0.293. The van der Waals surface area contributed by atoms with Crippen LogP contribution in [0.15, 0.2) is 0 Å². The summed E-state index contributed by atoms with van der Waals surface area (Å²) in [4.78, 5) is 26.5. The van der Waals surface area contributed by atoms with Crippen LogP contribution in [0.1, 0.15) is 81.6 Å². The molecule has 2 aliphatic heterocycles. The van der Waals surface area contributed by atoms with Crippen molar-refractivity contribution >= 4 is 11.8 Å². The first-order valence-corrected chi connectivity index (χ1v) is 13.8. The predicted octanol–water partition coefficient (Wildman–Crippen LogP) is 2.45. The van der Waals surface area contributed by atoms with Crippen molar-refractivity contribution in [1.29, 1.82) is 0 Å². The van der Waals surface area contributed by atoms with Gasteiger partial charge in [-0.3, -0.25) is 9.59 Å². The molecule has 2 aliphatic rings. The summed E-state index contributed by atoms with van der Waals surface area (Å²) in [5.74, 6) is -3.75. The molecule has 9 nitrogen and oxygen atoms in total. The van der Waals surface area contributed by atoms with Crippen molar-refractivity contribution in [3.05, 3.63) is 0 Å². The van der Waals surface area contributed by atoms with Crippen LogP contribution >= 0.6 is 0 Å². The first-order valence-electron chi connectivity index (χ1n) is 13.8. The van der Waals surface area contributed by atoms with Gasteiger partial charge in [0.15, 0.2) is 6.29 Å². The summed E-state index contributed by atoms with van der Waals surface area (Å²) in [6, 6.07) is 0. The predicted molar refractivity (Wildman–Crippen MR) is 137 cm³/mol. The van der Waals surface area contributed by atoms with E-state index >= 15 is 0 Å².